The van der Waals surface area contributed by atoms with Crippen molar-refractivity contribution >= 4 is 17.8 Å². The molecular formula is C14H17F3N4O3. The summed E-state index contributed by atoms with van der Waals surface area (Å²) >= 11 is 0. The van der Waals surface area contributed by atoms with Gasteiger partial charge in [-0.3, -0.25) is 15.0 Å². The van der Waals surface area contributed by atoms with E-state index in [1.165, 1.54) is 0 Å². The number of nitrogens with one attached hydrogen (secondary N) is 2. The first-order chi connectivity index (χ1) is 11.2. The van der Waals surface area contributed by atoms with Gasteiger partial charge in [-0.25, -0.2) is 9.78 Å². The smallest absolute Gasteiger partial charge is 0.416 e. The van der Waals surface area contributed by atoms with E-state index in [0.717, 1.165) is 18.3 Å². The summed E-state index contributed by atoms with van der Waals surface area (Å²) in [7, 11) is 0. The van der Waals surface area contributed by atoms with Crippen LogP contribution in [0.2, 0.25) is 0 Å². The minimum absolute atomic E-state index is 0.0485. The lowest BCUT2D eigenvalue weighted by atomic mass is 10.1. The van der Waals surface area contributed by atoms with Gasteiger partial charge in [0.15, 0.2) is 0 Å². The number of amides is 2. The van der Waals surface area contributed by atoms with Gasteiger partial charge in [-0.2, -0.15) is 13.2 Å². The number of piperidine rings is 1. The van der Waals surface area contributed by atoms with E-state index in [1.54, 1.807) is 4.90 Å². The van der Waals surface area contributed by atoms with Crippen molar-refractivity contribution in [1.82, 2.24) is 15.2 Å². The molecule has 0 unspecified atom stereocenters. The third-order valence-electron chi connectivity index (χ3n) is 3.61. The first-order valence-electron chi connectivity index (χ1n) is 7.29. The molecule has 3 N–H and O–H groups in total. The van der Waals surface area contributed by atoms with Crippen LogP contribution in [-0.2, 0) is 11.0 Å². The molecule has 1 aliphatic rings. The first kappa shape index (κ1) is 18.0. The number of carbonyl (C=O) groups excluding carboxylic acids is 1. The third-order valence-corrected chi connectivity index (χ3v) is 3.61. The number of carboxylic acids is 1. The summed E-state index contributed by atoms with van der Waals surface area (Å²) in [6.07, 6.45) is -2.40. The molecule has 2 heterocycles. The lowest BCUT2D eigenvalue weighted by Gasteiger charge is -2.31. The Hall–Kier alpha value is -2.36. The van der Waals surface area contributed by atoms with Gasteiger partial charge in [-0.1, -0.05) is 0 Å². The summed E-state index contributed by atoms with van der Waals surface area (Å²) in [5.41, 5.74) is -0.894. The van der Waals surface area contributed by atoms with Gasteiger partial charge in [0.05, 0.1) is 12.1 Å². The second kappa shape index (κ2) is 7.47. The number of alkyl halides is 3. The van der Waals surface area contributed by atoms with Crippen molar-refractivity contribution in [1.29, 1.82) is 0 Å². The number of likely N-dealkylation sites (tertiary alicyclic amines) is 1. The number of carbonyl (C=O) groups is 2. The third kappa shape index (κ3) is 5.37. The Morgan fingerprint density at radius 1 is 1.33 bits per heavy atom. The van der Waals surface area contributed by atoms with Crippen LogP contribution in [0.25, 0.3) is 0 Å². The summed E-state index contributed by atoms with van der Waals surface area (Å²) in [6, 6.07) is 0.774. The van der Waals surface area contributed by atoms with Crippen LogP contribution >= 0.6 is 0 Å². The number of hydrogen-bond acceptors (Lipinski definition) is 4. The van der Waals surface area contributed by atoms with Crippen molar-refractivity contribution in [2.24, 2.45) is 0 Å². The summed E-state index contributed by atoms with van der Waals surface area (Å²) in [4.78, 5) is 27.9. The standard InChI is InChI=1S/C14H17F3N4O3/c15-14(16,17)9-1-4-18-11(7-9)20-13(24)19-10-2-5-21(6-3-10)8-12(22)23/h1,4,7,10H,2-3,5-6,8H2,(H,22,23)(H2,18,19,20,24). The Morgan fingerprint density at radius 2 is 2.00 bits per heavy atom. The monoisotopic (exact) mass is 346 g/mol. The quantitative estimate of drug-likeness (QED) is 0.772. The molecule has 2 rings (SSSR count). The van der Waals surface area contributed by atoms with Crippen molar-refractivity contribution in [3.63, 3.8) is 0 Å². The lowest BCUT2D eigenvalue weighted by Crippen LogP contribution is -2.47. The van der Waals surface area contributed by atoms with Gasteiger partial charge in [-0.05, 0) is 25.0 Å². The molecule has 0 atom stereocenters. The molecule has 1 aliphatic heterocycles. The van der Waals surface area contributed by atoms with Crippen LogP contribution in [0.15, 0.2) is 18.3 Å². The number of halogens is 3. The molecule has 132 valence electrons. The van der Waals surface area contributed by atoms with E-state index in [1.807, 2.05) is 0 Å². The number of carboxylic acid groups (broad SMARTS) is 1. The van der Waals surface area contributed by atoms with Crippen molar-refractivity contribution in [2.45, 2.75) is 25.1 Å². The summed E-state index contributed by atoms with van der Waals surface area (Å²) in [6.45, 7) is 1.01. The number of nitrogens with zero attached hydrogens (tertiary/aromatic N) is 2. The highest BCUT2D eigenvalue weighted by Crippen LogP contribution is 2.29. The van der Waals surface area contributed by atoms with Gasteiger partial charge in [-0.15, -0.1) is 0 Å². The molecule has 0 saturated carbocycles. The SMILES string of the molecule is O=C(O)CN1CCC(NC(=O)Nc2cc(C(F)(F)F)ccn2)CC1. The molecule has 0 aromatic carbocycles. The second-order valence-electron chi connectivity index (χ2n) is 5.47. The van der Waals surface area contributed by atoms with E-state index in [9.17, 15) is 22.8 Å². The minimum Gasteiger partial charge on any atom is -0.480 e. The largest absolute Gasteiger partial charge is 0.480 e. The van der Waals surface area contributed by atoms with Crippen LogP contribution < -0.4 is 10.6 Å². The summed E-state index contributed by atoms with van der Waals surface area (Å²) in [5.74, 6) is -1.10. The number of pyridine rings is 1. The van der Waals surface area contributed by atoms with E-state index in [4.69, 9.17) is 5.11 Å². The summed E-state index contributed by atoms with van der Waals surface area (Å²) < 4.78 is 37.8. The molecule has 0 bridgehead atoms. The van der Waals surface area contributed by atoms with Crippen LogP contribution in [-0.4, -0.2) is 52.7 Å². The van der Waals surface area contributed by atoms with E-state index in [2.05, 4.69) is 15.6 Å². The number of aliphatic carboxylic acids is 1. The maximum atomic E-state index is 12.6. The Labute approximate surface area is 135 Å². The Balaban J connectivity index is 1.83. The highest BCUT2D eigenvalue weighted by Gasteiger charge is 2.31. The van der Waals surface area contributed by atoms with Crippen LogP contribution in [0.3, 0.4) is 0 Å². The zero-order valence-electron chi connectivity index (χ0n) is 12.6. The van der Waals surface area contributed by atoms with Gasteiger partial charge in [0, 0.05) is 25.3 Å². The Morgan fingerprint density at radius 3 is 2.58 bits per heavy atom. The highest BCUT2D eigenvalue weighted by molar-refractivity contribution is 5.88. The Bertz CT molecular complexity index is 601. The van der Waals surface area contributed by atoms with E-state index in [0.29, 0.717) is 25.9 Å². The van der Waals surface area contributed by atoms with Crippen molar-refractivity contribution in [3.05, 3.63) is 23.9 Å². The fourth-order valence-corrected chi connectivity index (χ4v) is 2.44. The number of hydrogen-bond donors (Lipinski definition) is 3. The van der Waals surface area contributed by atoms with E-state index >= 15 is 0 Å². The molecule has 1 fully saturated rings. The van der Waals surface area contributed by atoms with Crippen LogP contribution in [0.4, 0.5) is 23.8 Å². The van der Waals surface area contributed by atoms with E-state index in [-0.39, 0.29) is 18.4 Å². The number of rotatable bonds is 4. The average Bonchev–Trinajstić information content (AvgIpc) is 2.48. The molecule has 7 nitrogen and oxygen atoms in total. The molecule has 0 radical (unpaired) electrons. The fourth-order valence-electron chi connectivity index (χ4n) is 2.44. The number of anilines is 1. The topological polar surface area (TPSA) is 94.6 Å². The normalized spacial score (nSPS) is 16.6. The molecule has 1 saturated heterocycles. The van der Waals surface area contributed by atoms with Crippen molar-refractivity contribution in [3.8, 4) is 0 Å². The van der Waals surface area contributed by atoms with Crippen LogP contribution in [0, 0.1) is 0 Å². The van der Waals surface area contributed by atoms with Crippen LogP contribution in [0.1, 0.15) is 18.4 Å². The molecule has 1 aromatic heterocycles. The minimum atomic E-state index is -4.51. The maximum absolute atomic E-state index is 12.6. The van der Waals surface area contributed by atoms with Gasteiger partial charge in [0.1, 0.15) is 5.82 Å². The zero-order chi connectivity index (χ0) is 17.7. The maximum Gasteiger partial charge on any atom is 0.416 e. The molecule has 2 amide bonds. The molecular weight excluding hydrogens is 329 g/mol. The molecule has 1 aromatic rings. The van der Waals surface area contributed by atoms with Gasteiger partial charge >= 0.3 is 18.2 Å². The van der Waals surface area contributed by atoms with Crippen molar-refractivity contribution < 1.29 is 27.9 Å². The number of urea groups is 1. The summed E-state index contributed by atoms with van der Waals surface area (Å²) in [5, 5.41) is 13.6. The molecule has 0 spiro atoms. The Kier molecular flexibility index (Phi) is 5.60. The second-order valence-corrected chi connectivity index (χ2v) is 5.47. The first-order valence-corrected chi connectivity index (χ1v) is 7.29. The van der Waals surface area contributed by atoms with E-state index < -0.39 is 23.7 Å². The van der Waals surface area contributed by atoms with Crippen LogP contribution in [0.5, 0.6) is 0 Å². The van der Waals surface area contributed by atoms with Gasteiger partial charge in [0.2, 0.25) is 0 Å². The highest BCUT2D eigenvalue weighted by atomic mass is 19.4. The average molecular weight is 346 g/mol. The number of aromatic nitrogens is 1. The molecule has 24 heavy (non-hydrogen) atoms. The van der Waals surface area contributed by atoms with Gasteiger partial charge < -0.3 is 10.4 Å². The molecule has 0 aliphatic carbocycles. The predicted octanol–water partition coefficient (Wildman–Crippen LogP) is 1.77. The zero-order valence-corrected chi connectivity index (χ0v) is 12.6. The van der Waals surface area contributed by atoms with Crippen molar-refractivity contribution in [2.75, 3.05) is 25.0 Å². The molecule has 10 heteroatoms. The fraction of sp³-hybridized carbons (Fsp3) is 0.500. The predicted molar refractivity (Wildman–Crippen MR) is 78.5 cm³/mol. The van der Waals surface area contributed by atoms with Gasteiger partial charge in [0.25, 0.3) is 0 Å². The lowest BCUT2D eigenvalue weighted by molar-refractivity contribution is -0.139.